The van der Waals surface area contributed by atoms with Gasteiger partial charge in [-0.2, -0.15) is 0 Å². The number of hydrogen-bond donors (Lipinski definition) is 2. The number of carbonyl (C=O) groups is 1. The van der Waals surface area contributed by atoms with E-state index in [1.165, 1.54) is 19.3 Å². The van der Waals surface area contributed by atoms with Crippen LogP contribution >= 0.6 is 0 Å². The van der Waals surface area contributed by atoms with Crippen LogP contribution in [0.2, 0.25) is 0 Å². The van der Waals surface area contributed by atoms with E-state index < -0.39 is 0 Å². The molecule has 0 saturated carbocycles. The van der Waals surface area contributed by atoms with Crippen molar-refractivity contribution in [2.24, 2.45) is 0 Å². The molecule has 2 amide bonds. The van der Waals surface area contributed by atoms with Crippen LogP contribution in [0.3, 0.4) is 0 Å². The lowest BCUT2D eigenvalue weighted by molar-refractivity contribution is -0.0402. The molecule has 0 aromatic rings. The first-order valence-corrected chi connectivity index (χ1v) is 8.45. The predicted octanol–water partition coefficient (Wildman–Crippen LogP) is 2.59. The van der Waals surface area contributed by atoms with Gasteiger partial charge in [-0.15, -0.1) is 0 Å². The summed E-state index contributed by atoms with van der Waals surface area (Å²) in [6, 6.07) is 0.177. The van der Waals surface area contributed by atoms with Crippen molar-refractivity contribution in [2.45, 2.75) is 83.1 Å². The average molecular weight is 298 g/mol. The Morgan fingerprint density at radius 3 is 2.62 bits per heavy atom. The molecule has 2 saturated heterocycles. The Morgan fingerprint density at radius 2 is 1.95 bits per heavy atom. The van der Waals surface area contributed by atoms with Gasteiger partial charge >= 0.3 is 6.03 Å². The van der Waals surface area contributed by atoms with Crippen LogP contribution in [0.25, 0.3) is 0 Å². The number of nitrogens with one attached hydrogen (secondary N) is 2. The number of rotatable bonds is 5. The third-order valence-corrected chi connectivity index (χ3v) is 4.30. The minimum Gasteiger partial charge on any atom is -0.378 e. The molecule has 0 bridgehead atoms. The average Bonchev–Trinajstić information content (AvgIpc) is 2.43. The van der Waals surface area contributed by atoms with E-state index in [2.05, 4.69) is 24.5 Å². The molecule has 0 spiro atoms. The summed E-state index contributed by atoms with van der Waals surface area (Å²) in [4.78, 5) is 11.9. The van der Waals surface area contributed by atoms with Crippen molar-refractivity contribution < 1.29 is 14.3 Å². The van der Waals surface area contributed by atoms with Crippen LogP contribution in [0.15, 0.2) is 0 Å². The smallest absolute Gasteiger partial charge is 0.315 e. The van der Waals surface area contributed by atoms with Crippen LogP contribution in [0, 0.1) is 0 Å². The normalized spacial score (nSPS) is 33.4. The van der Waals surface area contributed by atoms with Gasteiger partial charge in [-0.1, -0.05) is 0 Å². The molecule has 0 aliphatic carbocycles. The summed E-state index contributed by atoms with van der Waals surface area (Å²) in [7, 11) is 0. The summed E-state index contributed by atoms with van der Waals surface area (Å²) >= 11 is 0. The Kier molecular flexibility index (Phi) is 6.77. The molecule has 1 unspecified atom stereocenters. The molecular weight excluding hydrogens is 268 g/mol. The van der Waals surface area contributed by atoms with Crippen molar-refractivity contribution in [3.63, 3.8) is 0 Å². The Bertz CT molecular complexity index is 309. The molecule has 0 radical (unpaired) electrons. The minimum atomic E-state index is -0.0501. The standard InChI is InChI=1S/C16H30N2O3/c1-12-10-14(11-13(2)21-12)18-16(19)17-8-5-7-15-6-3-4-9-20-15/h12-15H,3-11H2,1-2H3,(H2,17,18,19)/t12-,13+,14?,15-/m1/s1. The maximum absolute atomic E-state index is 11.9. The molecule has 2 fully saturated rings. The van der Waals surface area contributed by atoms with Crippen LogP contribution in [-0.4, -0.2) is 43.5 Å². The monoisotopic (exact) mass is 298 g/mol. The van der Waals surface area contributed by atoms with E-state index in [9.17, 15) is 4.79 Å². The summed E-state index contributed by atoms with van der Waals surface area (Å²) in [6.07, 6.45) is 8.32. The van der Waals surface area contributed by atoms with Gasteiger partial charge in [0.1, 0.15) is 0 Å². The van der Waals surface area contributed by atoms with E-state index in [4.69, 9.17) is 9.47 Å². The number of urea groups is 1. The van der Waals surface area contributed by atoms with Crippen LogP contribution < -0.4 is 10.6 Å². The summed E-state index contributed by atoms with van der Waals surface area (Å²) in [5.74, 6) is 0. The van der Waals surface area contributed by atoms with E-state index in [0.29, 0.717) is 6.10 Å². The SMILES string of the molecule is C[C@@H]1CC(NC(=O)NCCC[C@H]2CCCCO2)C[C@H](C)O1. The molecular formula is C16H30N2O3. The van der Waals surface area contributed by atoms with Crippen LogP contribution in [0.4, 0.5) is 4.79 Å². The number of amides is 2. The zero-order valence-electron chi connectivity index (χ0n) is 13.4. The summed E-state index contributed by atoms with van der Waals surface area (Å²) in [6.45, 7) is 5.75. The predicted molar refractivity (Wildman–Crippen MR) is 82.4 cm³/mol. The quantitative estimate of drug-likeness (QED) is 0.767. The van der Waals surface area contributed by atoms with Gasteiger partial charge in [-0.05, 0) is 58.8 Å². The molecule has 122 valence electrons. The first kappa shape index (κ1) is 16.6. The van der Waals surface area contributed by atoms with Crippen molar-refractivity contribution in [3.8, 4) is 0 Å². The number of carbonyl (C=O) groups excluding carboxylic acids is 1. The topological polar surface area (TPSA) is 59.6 Å². The van der Waals surface area contributed by atoms with E-state index in [0.717, 1.165) is 38.8 Å². The highest BCUT2D eigenvalue weighted by molar-refractivity contribution is 5.74. The fourth-order valence-electron chi connectivity index (χ4n) is 3.33. The molecule has 2 aliphatic rings. The first-order chi connectivity index (χ1) is 10.1. The first-order valence-electron chi connectivity index (χ1n) is 8.45. The van der Waals surface area contributed by atoms with Crippen molar-refractivity contribution in [3.05, 3.63) is 0 Å². The highest BCUT2D eigenvalue weighted by Crippen LogP contribution is 2.19. The molecule has 5 heteroatoms. The second-order valence-electron chi connectivity index (χ2n) is 6.46. The van der Waals surface area contributed by atoms with Gasteiger partial charge in [0.15, 0.2) is 0 Å². The maximum atomic E-state index is 11.9. The maximum Gasteiger partial charge on any atom is 0.315 e. The van der Waals surface area contributed by atoms with Crippen molar-refractivity contribution in [1.29, 1.82) is 0 Å². The number of hydrogen-bond acceptors (Lipinski definition) is 3. The molecule has 4 atom stereocenters. The van der Waals surface area contributed by atoms with Gasteiger partial charge in [-0.25, -0.2) is 4.79 Å². The van der Waals surface area contributed by atoms with Gasteiger partial charge in [0.25, 0.3) is 0 Å². The van der Waals surface area contributed by atoms with Crippen molar-refractivity contribution in [2.75, 3.05) is 13.2 Å². The molecule has 2 heterocycles. The number of ether oxygens (including phenoxy) is 2. The highest BCUT2D eigenvalue weighted by atomic mass is 16.5. The Hall–Kier alpha value is -0.810. The summed E-state index contributed by atoms with van der Waals surface area (Å²) in [5.41, 5.74) is 0. The van der Waals surface area contributed by atoms with Crippen LogP contribution in [0.5, 0.6) is 0 Å². The lowest BCUT2D eigenvalue weighted by Crippen LogP contribution is -2.47. The zero-order valence-corrected chi connectivity index (χ0v) is 13.4. The summed E-state index contributed by atoms with van der Waals surface area (Å²) < 4.78 is 11.4. The summed E-state index contributed by atoms with van der Waals surface area (Å²) in [5, 5.41) is 6.01. The van der Waals surface area contributed by atoms with Gasteiger partial charge in [0.2, 0.25) is 0 Å². The Balaban J connectivity index is 1.54. The molecule has 5 nitrogen and oxygen atoms in total. The largest absolute Gasteiger partial charge is 0.378 e. The van der Waals surface area contributed by atoms with Gasteiger partial charge in [0, 0.05) is 19.2 Å². The van der Waals surface area contributed by atoms with E-state index >= 15 is 0 Å². The van der Waals surface area contributed by atoms with Crippen molar-refractivity contribution >= 4 is 6.03 Å². The second-order valence-corrected chi connectivity index (χ2v) is 6.46. The lowest BCUT2D eigenvalue weighted by atomic mass is 10.0. The van der Waals surface area contributed by atoms with Crippen LogP contribution in [-0.2, 0) is 9.47 Å². The third kappa shape index (κ3) is 6.22. The molecule has 2 rings (SSSR count). The highest BCUT2D eigenvalue weighted by Gasteiger charge is 2.25. The van der Waals surface area contributed by atoms with E-state index in [-0.39, 0.29) is 24.3 Å². The van der Waals surface area contributed by atoms with E-state index in [1.54, 1.807) is 0 Å². The van der Waals surface area contributed by atoms with Crippen molar-refractivity contribution in [1.82, 2.24) is 10.6 Å². The zero-order chi connectivity index (χ0) is 15.1. The van der Waals surface area contributed by atoms with Gasteiger partial charge in [-0.3, -0.25) is 0 Å². The fourth-order valence-corrected chi connectivity index (χ4v) is 3.33. The van der Waals surface area contributed by atoms with Crippen LogP contribution in [0.1, 0.15) is 58.8 Å². The molecule has 0 aromatic heterocycles. The molecule has 0 aromatic carbocycles. The lowest BCUT2D eigenvalue weighted by Gasteiger charge is -2.32. The minimum absolute atomic E-state index is 0.0501. The fraction of sp³-hybridized carbons (Fsp3) is 0.938. The van der Waals surface area contributed by atoms with Gasteiger partial charge in [0.05, 0.1) is 18.3 Å². The Labute approximate surface area is 128 Å². The van der Waals surface area contributed by atoms with E-state index in [1.807, 2.05) is 0 Å². The Morgan fingerprint density at radius 1 is 1.19 bits per heavy atom. The third-order valence-electron chi connectivity index (χ3n) is 4.30. The molecule has 21 heavy (non-hydrogen) atoms. The second kappa shape index (κ2) is 8.59. The van der Waals surface area contributed by atoms with Gasteiger partial charge < -0.3 is 20.1 Å². The molecule has 2 aliphatic heterocycles. The molecule has 2 N–H and O–H groups in total.